The molecular weight excluding hydrogens is 330 g/mol. The number of carbonyl (C=O) groups excluding carboxylic acids is 1. The highest BCUT2D eigenvalue weighted by Gasteiger charge is 2.17. The van der Waals surface area contributed by atoms with Crippen molar-refractivity contribution < 1.29 is 18.8 Å². The average Bonchev–Trinajstić information content (AvgIpc) is 3.23. The largest absolute Gasteiger partial charge is 0.463 e. The Hall–Kier alpha value is -2.70. The third-order valence-corrected chi connectivity index (χ3v) is 4.70. The van der Waals surface area contributed by atoms with Crippen molar-refractivity contribution in [3.63, 3.8) is 0 Å². The Kier molecular flexibility index (Phi) is 4.95. The first-order valence-corrected chi connectivity index (χ1v) is 8.94. The summed E-state index contributed by atoms with van der Waals surface area (Å²) in [5.74, 6) is 0.576. The first-order chi connectivity index (χ1) is 12.8. The smallest absolute Gasteiger partial charge is 0.252 e. The van der Waals surface area contributed by atoms with E-state index in [2.05, 4.69) is 10.3 Å². The highest BCUT2D eigenvalue weighted by atomic mass is 16.5. The van der Waals surface area contributed by atoms with Crippen LogP contribution in [0.1, 0.15) is 10.4 Å². The van der Waals surface area contributed by atoms with Crippen molar-refractivity contribution >= 4 is 16.8 Å². The molecule has 0 spiro atoms. The number of para-hydroxylation sites is 1. The second kappa shape index (κ2) is 7.68. The molecule has 4 rings (SSSR count). The zero-order chi connectivity index (χ0) is 17.8. The molecule has 1 saturated heterocycles. The molecule has 134 valence electrons. The third kappa shape index (κ3) is 3.61. The van der Waals surface area contributed by atoms with Crippen molar-refractivity contribution in [2.75, 3.05) is 39.4 Å². The molecule has 0 unspecified atom stereocenters. The van der Waals surface area contributed by atoms with E-state index >= 15 is 0 Å². The Morgan fingerprint density at radius 1 is 1.15 bits per heavy atom. The second-order valence-corrected chi connectivity index (χ2v) is 6.42. The number of morpholine rings is 1. The SMILES string of the molecule is O=C(NCC[NH+]1CCOCC1)c1cc(-c2ccco2)nc2ccccc12. The predicted molar refractivity (Wildman–Crippen MR) is 98.2 cm³/mol. The van der Waals surface area contributed by atoms with E-state index in [0.29, 0.717) is 23.6 Å². The molecule has 0 radical (unpaired) electrons. The number of pyridine rings is 1. The van der Waals surface area contributed by atoms with Crippen molar-refractivity contribution in [2.45, 2.75) is 0 Å². The number of amides is 1. The number of hydrogen-bond donors (Lipinski definition) is 2. The van der Waals surface area contributed by atoms with Gasteiger partial charge < -0.3 is 19.4 Å². The summed E-state index contributed by atoms with van der Waals surface area (Å²) in [6.07, 6.45) is 1.61. The molecule has 0 saturated carbocycles. The van der Waals surface area contributed by atoms with Gasteiger partial charge in [-0.25, -0.2) is 4.98 Å². The van der Waals surface area contributed by atoms with Crippen LogP contribution in [-0.2, 0) is 4.74 Å². The maximum Gasteiger partial charge on any atom is 0.252 e. The Balaban J connectivity index is 1.55. The lowest BCUT2D eigenvalue weighted by atomic mass is 10.1. The first kappa shape index (κ1) is 16.8. The van der Waals surface area contributed by atoms with Gasteiger partial charge in [-0.2, -0.15) is 0 Å². The first-order valence-electron chi connectivity index (χ1n) is 8.94. The van der Waals surface area contributed by atoms with Gasteiger partial charge in [0.25, 0.3) is 5.91 Å². The van der Waals surface area contributed by atoms with Crippen LogP contribution in [0.5, 0.6) is 0 Å². The number of fused-ring (bicyclic) bond motifs is 1. The number of rotatable bonds is 5. The molecule has 6 heteroatoms. The molecule has 1 aromatic carbocycles. The van der Waals surface area contributed by atoms with Crippen LogP contribution in [0.15, 0.2) is 53.1 Å². The molecule has 2 aromatic heterocycles. The van der Waals surface area contributed by atoms with E-state index in [9.17, 15) is 4.79 Å². The molecule has 3 heterocycles. The number of nitrogens with zero attached hydrogens (tertiary/aromatic N) is 1. The molecule has 0 atom stereocenters. The van der Waals surface area contributed by atoms with Gasteiger partial charge in [0.1, 0.15) is 18.8 Å². The number of carbonyl (C=O) groups is 1. The molecule has 6 nitrogen and oxygen atoms in total. The highest BCUT2D eigenvalue weighted by molar-refractivity contribution is 6.07. The molecule has 0 aliphatic carbocycles. The van der Waals surface area contributed by atoms with Crippen LogP contribution in [-0.4, -0.2) is 50.3 Å². The van der Waals surface area contributed by atoms with E-state index < -0.39 is 0 Å². The number of aromatic nitrogens is 1. The maximum atomic E-state index is 12.8. The van der Waals surface area contributed by atoms with Crippen molar-refractivity contribution in [1.82, 2.24) is 10.3 Å². The van der Waals surface area contributed by atoms with E-state index in [1.54, 1.807) is 12.3 Å². The molecule has 2 N–H and O–H groups in total. The topological polar surface area (TPSA) is 68.8 Å². The van der Waals surface area contributed by atoms with E-state index in [1.165, 1.54) is 4.90 Å². The third-order valence-electron chi connectivity index (χ3n) is 4.70. The molecule has 26 heavy (non-hydrogen) atoms. The minimum absolute atomic E-state index is 0.0796. The maximum absolute atomic E-state index is 12.8. The van der Waals surface area contributed by atoms with Gasteiger partial charge in [0.2, 0.25) is 0 Å². The molecule has 0 bridgehead atoms. The molecule has 1 aliphatic rings. The second-order valence-electron chi connectivity index (χ2n) is 6.42. The van der Waals surface area contributed by atoms with E-state index in [1.807, 2.05) is 36.4 Å². The van der Waals surface area contributed by atoms with Crippen LogP contribution in [0, 0.1) is 0 Å². The fraction of sp³-hybridized carbons (Fsp3) is 0.300. The van der Waals surface area contributed by atoms with E-state index in [-0.39, 0.29) is 5.91 Å². The normalized spacial score (nSPS) is 15.2. The molecular formula is C20H22N3O3+. The average molecular weight is 352 g/mol. The fourth-order valence-electron chi connectivity index (χ4n) is 3.27. The minimum atomic E-state index is -0.0796. The lowest BCUT2D eigenvalue weighted by Gasteiger charge is -2.23. The molecule has 1 aliphatic heterocycles. The lowest BCUT2D eigenvalue weighted by Crippen LogP contribution is -3.14. The fourth-order valence-corrected chi connectivity index (χ4v) is 3.27. The van der Waals surface area contributed by atoms with Gasteiger partial charge in [-0.1, -0.05) is 18.2 Å². The summed E-state index contributed by atoms with van der Waals surface area (Å²) < 4.78 is 10.8. The zero-order valence-electron chi connectivity index (χ0n) is 14.5. The summed E-state index contributed by atoms with van der Waals surface area (Å²) in [6, 6.07) is 13.2. The van der Waals surface area contributed by atoms with Crippen molar-refractivity contribution in [2.24, 2.45) is 0 Å². The number of benzene rings is 1. The van der Waals surface area contributed by atoms with Crippen molar-refractivity contribution in [3.05, 3.63) is 54.3 Å². The number of nitrogens with one attached hydrogen (secondary N) is 2. The summed E-state index contributed by atoms with van der Waals surface area (Å²) in [5.41, 5.74) is 2.07. The highest BCUT2D eigenvalue weighted by Crippen LogP contribution is 2.25. The number of quaternary nitrogens is 1. The lowest BCUT2D eigenvalue weighted by molar-refractivity contribution is -0.906. The van der Waals surface area contributed by atoms with Crippen LogP contribution in [0.3, 0.4) is 0 Å². The van der Waals surface area contributed by atoms with Crippen molar-refractivity contribution in [3.8, 4) is 11.5 Å². The summed E-state index contributed by atoms with van der Waals surface area (Å²) in [4.78, 5) is 18.9. The molecule has 1 fully saturated rings. The Morgan fingerprint density at radius 2 is 2.00 bits per heavy atom. The van der Waals surface area contributed by atoms with Gasteiger partial charge in [0, 0.05) is 5.39 Å². The van der Waals surface area contributed by atoms with Gasteiger partial charge in [-0.15, -0.1) is 0 Å². The molecule has 3 aromatic rings. The van der Waals surface area contributed by atoms with Crippen molar-refractivity contribution in [1.29, 1.82) is 0 Å². The Labute approximate surface area is 151 Å². The van der Waals surface area contributed by atoms with Crippen LogP contribution in [0.4, 0.5) is 0 Å². The van der Waals surface area contributed by atoms with E-state index in [0.717, 1.165) is 43.8 Å². The number of ether oxygens (including phenoxy) is 1. The minimum Gasteiger partial charge on any atom is -0.463 e. The zero-order valence-corrected chi connectivity index (χ0v) is 14.5. The quantitative estimate of drug-likeness (QED) is 0.723. The Bertz CT molecular complexity index is 886. The predicted octanol–water partition coefficient (Wildman–Crippen LogP) is 1.14. The summed E-state index contributed by atoms with van der Waals surface area (Å²) in [5, 5.41) is 3.90. The van der Waals surface area contributed by atoms with Gasteiger partial charge in [-0.3, -0.25) is 4.79 Å². The van der Waals surface area contributed by atoms with Crippen LogP contribution in [0.25, 0.3) is 22.4 Å². The summed E-state index contributed by atoms with van der Waals surface area (Å²) in [6.45, 7) is 5.13. The van der Waals surface area contributed by atoms with E-state index in [4.69, 9.17) is 9.15 Å². The number of hydrogen-bond acceptors (Lipinski definition) is 4. The Morgan fingerprint density at radius 3 is 2.81 bits per heavy atom. The van der Waals surface area contributed by atoms with Gasteiger partial charge in [0.15, 0.2) is 5.76 Å². The van der Waals surface area contributed by atoms with Crippen LogP contribution >= 0.6 is 0 Å². The monoisotopic (exact) mass is 352 g/mol. The van der Waals surface area contributed by atoms with Gasteiger partial charge in [0.05, 0.1) is 43.6 Å². The summed E-state index contributed by atoms with van der Waals surface area (Å²) in [7, 11) is 0. The van der Waals surface area contributed by atoms with Crippen LogP contribution < -0.4 is 10.2 Å². The summed E-state index contributed by atoms with van der Waals surface area (Å²) >= 11 is 0. The number of furan rings is 1. The van der Waals surface area contributed by atoms with Gasteiger partial charge >= 0.3 is 0 Å². The standard InChI is InChI=1S/C20H21N3O3/c24-20(21-7-8-23-9-12-25-13-10-23)16-14-18(19-6-3-11-26-19)22-17-5-2-1-4-15(16)17/h1-6,11,14H,7-10,12-13H2,(H,21,24)/p+1. The molecule has 1 amide bonds. The van der Waals surface area contributed by atoms with Crippen LogP contribution in [0.2, 0.25) is 0 Å². The van der Waals surface area contributed by atoms with Gasteiger partial charge in [-0.05, 0) is 24.3 Å².